The van der Waals surface area contributed by atoms with Crippen molar-refractivity contribution in [1.82, 2.24) is 4.90 Å². The van der Waals surface area contributed by atoms with Gasteiger partial charge in [-0.05, 0) is 24.5 Å². The Labute approximate surface area is 67.9 Å². The molecule has 1 fully saturated rings. The van der Waals surface area contributed by atoms with E-state index < -0.39 is 0 Å². The van der Waals surface area contributed by atoms with E-state index in [2.05, 4.69) is 18.7 Å². The minimum Gasteiger partial charge on any atom is -0.303 e. The van der Waals surface area contributed by atoms with Gasteiger partial charge in [0.1, 0.15) is 0 Å². The van der Waals surface area contributed by atoms with Crippen LogP contribution < -0.4 is 0 Å². The van der Waals surface area contributed by atoms with Gasteiger partial charge in [0.15, 0.2) is 0 Å². The van der Waals surface area contributed by atoms with Crippen LogP contribution in [0.5, 0.6) is 0 Å². The predicted molar refractivity (Wildman–Crippen MR) is 45.1 cm³/mol. The average molecular weight is 157 g/mol. The molecule has 0 spiro atoms. The summed E-state index contributed by atoms with van der Waals surface area (Å²) in [7, 11) is 0. The Morgan fingerprint density at radius 3 is 2.91 bits per heavy atom. The van der Waals surface area contributed by atoms with Gasteiger partial charge in [-0.2, -0.15) is 0 Å². The number of piperidine rings is 1. The summed E-state index contributed by atoms with van der Waals surface area (Å²) in [5.74, 6) is 0.411. The zero-order valence-electron chi connectivity index (χ0n) is 7.31. The van der Waals surface area contributed by atoms with Crippen molar-refractivity contribution in [2.24, 2.45) is 5.92 Å². The molecule has 1 saturated heterocycles. The number of halogens is 1. The molecule has 0 aromatic heterocycles. The van der Waals surface area contributed by atoms with Crippen molar-refractivity contribution in [2.75, 3.05) is 19.6 Å². The van der Waals surface area contributed by atoms with E-state index >= 15 is 0 Å². The highest BCUT2D eigenvalue weighted by atomic mass is 19.1. The third kappa shape index (κ3) is 2.03. The van der Waals surface area contributed by atoms with Gasteiger partial charge in [0.05, 0.1) is 6.33 Å². The van der Waals surface area contributed by atoms with Gasteiger partial charge in [-0.15, -0.1) is 0 Å². The zero-order valence-corrected chi connectivity index (χ0v) is 7.31. The maximum absolute atomic E-state index is 12.2. The topological polar surface area (TPSA) is 3.24 Å². The number of hydrogen-bond acceptors (Lipinski definition) is 1. The lowest BCUT2D eigenvalue weighted by Gasteiger charge is -2.31. The fraction of sp³-hybridized carbons (Fsp3) is 0.778. The molecule has 2 heteroatoms. The molecule has 0 N–H and O–H groups in total. The summed E-state index contributed by atoms with van der Waals surface area (Å²) in [4.78, 5) is 2.36. The van der Waals surface area contributed by atoms with Gasteiger partial charge in [0, 0.05) is 13.1 Å². The molecule has 64 valence electrons. The second-order valence-corrected chi connectivity index (χ2v) is 3.23. The Morgan fingerprint density at radius 2 is 2.45 bits per heavy atom. The Bertz CT molecular complexity index is 154. The summed E-state index contributed by atoms with van der Waals surface area (Å²) in [6.45, 7) is 7.37. The van der Waals surface area contributed by atoms with E-state index in [4.69, 9.17) is 0 Å². The highest BCUT2D eigenvalue weighted by molar-refractivity contribution is 5.06. The minimum absolute atomic E-state index is 0.411. The molecule has 1 heterocycles. The van der Waals surface area contributed by atoms with Crippen LogP contribution in [-0.4, -0.2) is 24.5 Å². The molecule has 0 saturated carbocycles. The fourth-order valence-corrected chi connectivity index (χ4v) is 1.58. The van der Waals surface area contributed by atoms with E-state index in [0.29, 0.717) is 5.92 Å². The smallest absolute Gasteiger partial charge is 0.0862 e. The van der Waals surface area contributed by atoms with Crippen LogP contribution in [0.25, 0.3) is 0 Å². The van der Waals surface area contributed by atoms with Crippen molar-refractivity contribution in [3.63, 3.8) is 0 Å². The Morgan fingerprint density at radius 1 is 1.73 bits per heavy atom. The molecule has 0 bridgehead atoms. The molecule has 0 amide bonds. The molecule has 0 radical (unpaired) electrons. The van der Waals surface area contributed by atoms with Gasteiger partial charge in [-0.25, -0.2) is 4.39 Å². The van der Waals surface area contributed by atoms with Gasteiger partial charge in [0.25, 0.3) is 0 Å². The van der Waals surface area contributed by atoms with Crippen molar-refractivity contribution in [3.8, 4) is 0 Å². The molecule has 1 aliphatic heterocycles. The molecule has 1 aliphatic rings. The van der Waals surface area contributed by atoms with Crippen molar-refractivity contribution in [3.05, 3.63) is 11.9 Å². The van der Waals surface area contributed by atoms with Crippen LogP contribution in [-0.2, 0) is 0 Å². The summed E-state index contributed by atoms with van der Waals surface area (Å²) in [6.07, 6.45) is 1.70. The Balaban J connectivity index is 2.48. The molecule has 0 aliphatic carbocycles. The highest BCUT2D eigenvalue weighted by Crippen LogP contribution is 2.21. The van der Waals surface area contributed by atoms with Crippen LogP contribution in [0.1, 0.15) is 20.3 Å². The van der Waals surface area contributed by atoms with Crippen molar-refractivity contribution < 1.29 is 4.39 Å². The SMILES string of the molecule is CCN1CC/C(=C\F)C(C)C1. The molecule has 0 aromatic rings. The number of rotatable bonds is 1. The molecule has 11 heavy (non-hydrogen) atoms. The van der Waals surface area contributed by atoms with E-state index in [-0.39, 0.29) is 0 Å². The minimum atomic E-state index is 0.411. The third-order valence-electron chi connectivity index (χ3n) is 2.47. The van der Waals surface area contributed by atoms with Gasteiger partial charge in [-0.3, -0.25) is 0 Å². The van der Waals surface area contributed by atoms with Crippen LogP contribution in [0.4, 0.5) is 4.39 Å². The lowest BCUT2D eigenvalue weighted by molar-refractivity contribution is 0.230. The third-order valence-corrected chi connectivity index (χ3v) is 2.47. The lowest BCUT2D eigenvalue weighted by Crippen LogP contribution is -2.35. The van der Waals surface area contributed by atoms with Gasteiger partial charge in [0.2, 0.25) is 0 Å². The zero-order chi connectivity index (χ0) is 8.27. The molecular weight excluding hydrogens is 141 g/mol. The first-order valence-corrected chi connectivity index (χ1v) is 4.29. The second kappa shape index (κ2) is 3.86. The summed E-state index contributed by atoms with van der Waals surface area (Å²) in [5.41, 5.74) is 0.981. The highest BCUT2D eigenvalue weighted by Gasteiger charge is 2.18. The Kier molecular flexibility index (Phi) is 3.06. The van der Waals surface area contributed by atoms with Crippen molar-refractivity contribution in [1.29, 1.82) is 0 Å². The van der Waals surface area contributed by atoms with Crippen molar-refractivity contribution in [2.45, 2.75) is 20.3 Å². The fourth-order valence-electron chi connectivity index (χ4n) is 1.58. The van der Waals surface area contributed by atoms with Crippen LogP contribution in [0.15, 0.2) is 11.9 Å². The predicted octanol–water partition coefficient (Wildman–Crippen LogP) is 2.20. The molecule has 0 aromatic carbocycles. The van der Waals surface area contributed by atoms with Gasteiger partial charge in [-0.1, -0.05) is 13.8 Å². The average Bonchev–Trinajstić information content (AvgIpc) is 2.04. The number of likely N-dealkylation sites (tertiary alicyclic amines) is 1. The van der Waals surface area contributed by atoms with E-state index in [1.807, 2.05) is 0 Å². The standard InChI is InChI=1S/C9H16FN/c1-3-11-5-4-9(6-10)8(2)7-11/h6,8H,3-5,7H2,1-2H3/b9-6+. The van der Waals surface area contributed by atoms with Crippen molar-refractivity contribution >= 4 is 0 Å². The van der Waals surface area contributed by atoms with Crippen LogP contribution in [0.3, 0.4) is 0 Å². The molecule has 1 rings (SSSR count). The Hall–Kier alpha value is -0.370. The van der Waals surface area contributed by atoms with Crippen LogP contribution in [0.2, 0.25) is 0 Å². The van der Waals surface area contributed by atoms with E-state index in [0.717, 1.165) is 38.0 Å². The molecule has 1 atom stereocenters. The molecular formula is C9H16FN. The van der Waals surface area contributed by atoms with Gasteiger partial charge >= 0.3 is 0 Å². The summed E-state index contributed by atoms with van der Waals surface area (Å²) in [6, 6.07) is 0. The first-order chi connectivity index (χ1) is 5.27. The first kappa shape index (κ1) is 8.72. The van der Waals surface area contributed by atoms with Gasteiger partial charge < -0.3 is 4.90 Å². The summed E-state index contributed by atoms with van der Waals surface area (Å²) in [5, 5.41) is 0. The van der Waals surface area contributed by atoms with E-state index in [9.17, 15) is 4.39 Å². The summed E-state index contributed by atoms with van der Waals surface area (Å²) < 4.78 is 12.2. The quantitative estimate of drug-likeness (QED) is 0.564. The number of nitrogens with zero attached hydrogens (tertiary/aromatic N) is 1. The van der Waals surface area contributed by atoms with Crippen LogP contribution >= 0.6 is 0 Å². The van der Waals surface area contributed by atoms with E-state index in [1.165, 1.54) is 0 Å². The monoisotopic (exact) mass is 157 g/mol. The first-order valence-electron chi connectivity index (χ1n) is 4.29. The van der Waals surface area contributed by atoms with Crippen LogP contribution in [0, 0.1) is 5.92 Å². The maximum Gasteiger partial charge on any atom is 0.0862 e. The molecule has 1 nitrogen and oxygen atoms in total. The summed E-state index contributed by atoms with van der Waals surface area (Å²) >= 11 is 0. The largest absolute Gasteiger partial charge is 0.303 e. The normalized spacial score (nSPS) is 31.2. The molecule has 1 unspecified atom stereocenters. The second-order valence-electron chi connectivity index (χ2n) is 3.23. The lowest BCUT2D eigenvalue weighted by atomic mass is 9.95. The van der Waals surface area contributed by atoms with E-state index in [1.54, 1.807) is 0 Å². The maximum atomic E-state index is 12.2. The number of hydrogen-bond donors (Lipinski definition) is 0.